The molecule has 0 atom stereocenters. The number of esters is 1. The Morgan fingerprint density at radius 3 is 2.38 bits per heavy atom. The molecule has 0 unspecified atom stereocenters. The van der Waals surface area contributed by atoms with Gasteiger partial charge in [-0.25, -0.2) is 13.6 Å². The summed E-state index contributed by atoms with van der Waals surface area (Å²) in [5.74, 6) is -1.58. The van der Waals surface area contributed by atoms with E-state index in [1.54, 1.807) is 6.92 Å². The van der Waals surface area contributed by atoms with E-state index in [-0.39, 0.29) is 16.8 Å². The molecule has 0 aromatic heterocycles. The lowest BCUT2D eigenvalue weighted by atomic mass is 9.85. The first-order valence-electron chi connectivity index (χ1n) is 9.95. The zero-order chi connectivity index (χ0) is 23.5. The van der Waals surface area contributed by atoms with Crippen LogP contribution in [0.5, 0.6) is 0 Å². The fourth-order valence-corrected chi connectivity index (χ4v) is 5.01. The molecule has 1 aliphatic carbocycles. The van der Waals surface area contributed by atoms with Crippen molar-refractivity contribution in [3.8, 4) is 0 Å². The molecule has 2 fully saturated rings. The van der Waals surface area contributed by atoms with Gasteiger partial charge in [-0.05, 0) is 68.6 Å². The van der Waals surface area contributed by atoms with E-state index in [0.717, 1.165) is 22.2 Å². The predicted molar refractivity (Wildman–Crippen MR) is 117 cm³/mol. The number of carbonyl (C=O) groups is 4. The molecule has 3 amide bonds. The van der Waals surface area contributed by atoms with Gasteiger partial charge in [0.25, 0.3) is 11.1 Å². The first-order chi connectivity index (χ1) is 15.1. The highest BCUT2D eigenvalue weighted by Crippen LogP contribution is 2.39. The highest BCUT2D eigenvalue weighted by molar-refractivity contribution is 8.18. The van der Waals surface area contributed by atoms with E-state index in [0.29, 0.717) is 42.9 Å². The third-order valence-electron chi connectivity index (χ3n) is 5.15. The van der Waals surface area contributed by atoms with E-state index in [1.165, 1.54) is 24.3 Å². The Morgan fingerprint density at radius 1 is 1.19 bits per heavy atom. The van der Waals surface area contributed by atoms with Gasteiger partial charge >= 0.3 is 5.97 Å². The summed E-state index contributed by atoms with van der Waals surface area (Å²) in [4.78, 5) is 50.4. The van der Waals surface area contributed by atoms with Gasteiger partial charge in [-0.15, -0.1) is 0 Å². The van der Waals surface area contributed by atoms with E-state index in [4.69, 9.17) is 9.88 Å². The zero-order valence-electron chi connectivity index (χ0n) is 17.3. The third-order valence-corrected chi connectivity index (χ3v) is 7.14. The fourth-order valence-electron chi connectivity index (χ4n) is 3.51. The van der Waals surface area contributed by atoms with Crippen molar-refractivity contribution in [3.05, 3.63) is 34.7 Å². The number of anilines is 1. The maximum absolute atomic E-state index is 12.8. The van der Waals surface area contributed by atoms with Crippen molar-refractivity contribution in [2.75, 3.05) is 18.5 Å². The molecule has 172 valence electrons. The van der Waals surface area contributed by atoms with Crippen molar-refractivity contribution in [2.24, 2.45) is 11.1 Å². The number of amides is 3. The van der Waals surface area contributed by atoms with Crippen LogP contribution < -0.4 is 10.5 Å². The number of rotatable bonds is 6. The molecule has 2 aliphatic rings. The maximum Gasteiger partial charge on any atom is 0.308 e. The Bertz CT molecular complexity index is 1070. The normalized spacial score (nSPS) is 19.3. The SMILES string of the molecule is CCOC(=O)C1CCC(=C2SC(=O)N(CC(=O)Nc3ccc(S(N)(=O)=O)cc3)C2=O)CC1. The van der Waals surface area contributed by atoms with Crippen molar-refractivity contribution in [1.29, 1.82) is 0 Å². The van der Waals surface area contributed by atoms with Crippen LogP contribution in [0.15, 0.2) is 39.6 Å². The van der Waals surface area contributed by atoms with Gasteiger partial charge in [-0.3, -0.25) is 24.1 Å². The number of hydrogen-bond acceptors (Lipinski definition) is 8. The average molecular weight is 482 g/mol. The first-order valence-corrected chi connectivity index (χ1v) is 12.3. The lowest BCUT2D eigenvalue weighted by Crippen LogP contribution is -2.36. The highest BCUT2D eigenvalue weighted by atomic mass is 32.2. The van der Waals surface area contributed by atoms with E-state index in [1.807, 2.05) is 0 Å². The second kappa shape index (κ2) is 9.84. The number of nitrogens with zero attached hydrogens (tertiary/aromatic N) is 1. The highest BCUT2D eigenvalue weighted by Gasteiger charge is 2.39. The van der Waals surface area contributed by atoms with Crippen LogP contribution in [0.25, 0.3) is 0 Å². The van der Waals surface area contributed by atoms with Crippen molar-refractivity contribution in [2.45, 2.75) is 37.5 Å². The number of thioether (sulfide) groups is 1. The summed E-state index contributed by atoms with van der Waals surface area (Å²) in [5, 5.41) is 7.01. The summed E-state index contributed by atoms with van der Waals surface area (Å²) < 4.78 is 27.6. The number of imide groups is 1. The third kappa shape index (κ3) is 5.56. The van der Waals surface area contributed by atoms with E-state index >= 15 is 0 Å². The summed E-state index contributed by atoms with van der Waals surface area (Å²) in [6, 6.07) is 5.19. The molecule has 10 nitrogen and oxygen atoms in total. The predicted octanol–water partition coefficient (Wildman–Crippen LogP) is 1.98. The summed E-state index contributed by atoms with van der Waals surface area (Å²) >= 11 is 0.801. The molecular weight excluding hydrogens is 458 g/mol. The van der Waals surface area contributed by atoms with Crippen LogP contribution >= 0.6 is 11.8 Å². The monoisotopic (exact) mass is 481 g/mol. The number of sulfonamides is 1. The summed E-state index contributed by atoms with van der Waals surface area (Å²) in [6.45, 7) is 1.60. The number of allylic oxidation sites excluding steroid dienone is 1. The second-order valence-corrected chi connectivity index (χ2v) is 9.86. The van der Waals surface area contributed by atoms with Gasteiger partial charge in [0.15, 0.2) is 0 Å². The van der Waals surface area contributed by atoms with Crippen molar-refractivity contribution in [1.82, 2.24) is 4.90 Å². The van der Waals surface area contributed by atoms with Crippen molar-refractivity contribution < 1.29 is 32.3 Å². The van der Waals surface area contributed by atoms with Crippen LogP contribution in [0.4, 0.5) is 10.5 Å². The summed E-state index contributed by atoms with van der Waals surface area (Å²) in [7, 11) is -3.85. The van der Waals surface area contributed by atoms with Gasteiger partial charge in [0.2, 0.25) is 15.9 Å². The second-order valence-electron chi connectivity index (χ2n) is 7.34. The van der Waals surface area contributed by atoms with Crippen LogP contribution in [0.3, 0.4) is 0 Å². The van der Waals surface area contributed by atoms with Crippen LogP contribution in [0.2, 0.25) is 0 Å². The molecule has 3 rings (SSSR count). The molecule has 1 saturated heterocycles. The molecular formula is C20H23N3O7S2. The van der Waals surface area contributed by atoms with Crippen molar-refractivity contribution in [3.63, 3.8) is 0 Å². The first kappa shape index (κ1) is 24.0. The van der Waals surface area contributed by atoms with Crippen LogP contribution in [-0.4, -0.2) is 49.5 Å². The van der Waals surface area contributed by atoms with Gasteiger partial charge in [0.05, 0.1) is 22.3 Å². The minimum absolute atomic E-state index is 0.106. The van der Waals surface area contributed by atoms with Gasteiger partial charge in [-0.2, -0.15) is 0 Å². The van der Waals surface area contributed by atoms with E-state index in [9.17, 15) is 27.6 Å². The number of hydrogen-bond donors (Lipinski definition) is 2. The molecule has 0 radical (unpaired) electrons. The van der Waals surface area contributed by atoms with E-state index in [2.05, 4.69) is 5.32 Å². The number of nitrogens with two attached hydrogens (primary N) is 1. The van der Waals surface area contributed by atoms with Gasteiger partial charge in [0, 0.05) is 5.69 Å². The van der Waals surface area contributed by atoms with Gasteiger partial charge in [-0.1, -0.05) is 5.57 Å². The lowest BCUT2D eigenvalue weighted by Gasteiger charge is -2.23. The Labute approximate surface area is 189 Å². The lowest BCUT2D eigenvalue weighted by molar-refractivity contribution is -0.148. The molecule has 32 heavy (non-hydrogen) atoms. The van der Waals surface area contributed by atoms with Crippen LogP contribution in [0, 0.1) is 5.92 Å². The molecule has 3 N–H and O–H groups in total. The van der Waals surface area contributed by atoms with Gasteiger partial charge in [0.1, 0.15) is 6.54 Å². The zero-order valence-corrected chi connectivity index (χ0v) is 19.0. The molecule has 12 heteroatoms. The number of ether oxygens (including phenoxy) is 1. The number of nitrogens with one attached hydrogen (secondary N) is 1. The standard InChI is InChI=1S/C20H23N3O7S2/c1-2-30-19(26)13-5-3-12(4-6-13)17-18(25)23(20(27)31-17)11-16(24)22-14-7-9-15(10-8-14)32(21,28)29/h7-10,13H,2-6,11H2,1H3,(H,22,24)(H2,21,28,29). The molecule has 1 heterocycles. The Kier molecular flexibility index (Phi) is 7.36. The molecule has 0 spiro atoms. The van der Waals surface area contributed by atoms with E-state index < -0.39 is 33.6 Å². The Hall–Kier alpha value is -2.70. The van der Waals surface area contributed by atoms with Crippen LogP contribution in [-0.2, 0) is 29.1 Å². The summed E-state index contributed by atoms with van der Waals surface area (Å²) in [5.41, 5.74) is 1.11. The Balaban J connectivity index is 1.61. The summed E-state index contributed by atoms with van der Waals surface area (Å²) in [6.07, 6.45) is 2.13. The minimum atomic E-state index is -3.85. The smallest absolute Gasteiger partial charge is 0.308 e. The topological polar surface area (TPSA) is 153 Å². The number of benzene rings is 1. The largest absolute Gasteiger partial charge is 0.466 e. The average Bonchev–Trinajstić information content (AvgIpc) is 3.02. The Morgan fingerprint density at radius 2 is 1.81 bits per heavy atom. The fraction of sp³-hybridized carbons (Fsp3) is 0.400. The molecule has 1 aromatic carbocycles. The molecule has 1 aliphatic heterocycles. The van der Waals surface area contributed by atoms with Crippen LogP contribution in [0.1, 0.15) is 32.6 Å². The molecule has 0 bridgehead atoms. The maximum atomic E-state index is 12.8. The van der Waals surface area contributed by atoms with Crippen molar-refractivity contribution >= 4 is 50.5 Å². The minimum Gasteiger partial charge on any atom is -0.466 e. The number of carbonyl (C=O) groups excluding carboxylic acids is 4. The quantitative estimate of drug-likeness (QED) is 0.462. The molecule has 1 aromatic rings. The number of primary sulfonamides is 1. The van der Waals surface area contributed by atoms with Gasteiger partial charge < -0.3 is 10.1 Å². The molecule has 1 saturated carbocycles.